The average molecular weight is 245 g/mol. The number of ether oxygens (including phenoxy) is 1. The maximum atomic E-state index is 12.1. The van der Waals surface area contributed by atoms with Gasteiger partial charge in [0.25, 0.3) is 0 Å². The lowest BCUT2D eigenvalue weighted by molar-refractivity contribution is 0.0581. The molecule has 0 bridgehead atoms. The van der Waals surface area contributed by atoms with Crippen molar-refractivity contribution in [3.8, 4) is 12.3 Å². The Morgan fingerprint density at radius 1 is 1.33 bits per heavy atom. The van der Waals surface area contributed by atoms with Crippen LogP contribution in [0.3, 0.4) is 0 Å². The van der Waals surface area contributed by atoms with E-state index >= 15 is 0 Å². The summed E-state index contributed by atoms with van der Waals surface area (Å²) in [7, 11) is 0. The SMILES string of the molecule is C#CCCN(C(=O)OC(C)(C)C)c1ccccc1. The van der Waals surface area contributed by atoms with E-state index < -0.39 is 5.60 Å². The zero-order valence-corrected chi connectivity index (χ0v) is 11.1. The van der Waals surface area contributed by atoms with Gasteiger partial charge >= 0.3 is 6.09 Å². The number of hydrogen-bond donors (Lipinski definition) is 0. The van der Waals surface area contributed by atoms with Crippen molar-refractivity contribution in [2.24, 2.45) is 0 Å². The lowest BCUT2D eigenvalue weighted by atomic mass is 10.2. The fourth-order valence-corrected chi connectivity index (χ4v) is 1.43. The standard InChI is InChI=1S/C15H19NO2/c1-5-6-12-16(13-10-8-7-9-11-13)14(17)18-15(2,3)4/h1,7-11H,6,12H2,2-4H3. The summed E-state index contributed by atoms with van der Waals surface area (Å²) < 4.78 is 5.37. The van der Waals surface area contributed by atoms with Gasteiger partial charge in [-0.2, -0.15) is 0 Å². The first-order valence-corrected chi connectivity index (χ1v) is 5.93. The van der Waals surface area contributed by atoms with Gasteiger partial charge in [-0.3, -0.25) is 4.90 Å². The van der Waals surface area contributed by atoms with E-state index in [0.29, 0.717) is 13.0 Å². The van der Waals surface area contributed by atoms with Crippen molar-refractivity contribution in [2.45, 2.75) is 32.8 Å². The third kappa shape index (κ3) is 4.50. The molecule has 0 aliphatic rings. The Bertz CT molecular complexity index is 426. The molecule has 96 valence electrons. The highest BCUT2D eigenvalue weighted by molar-refractivity contribution is 5.87. The normalized spacial score (nSPS) is 10.6. The van der Waals surface area contributed by atoms with Crippen molar-refractivity contribution in [1.82, 2.24) is 0 Å². The molecule has 1 aromatic carbocycles. The van der Waals surface area contributed by atoms with Crippen molar-refractivity contribution in [3.05, 3.63) is 30.3 Å². The number of anilines is 1. The molecule has 0 saturated heterocycles. The van der Waals surface area contributed by atoms with Crippen molar-refractivity contribution >= 4 is 11.8 Å². The molecule has 0 aliphatic carbocycles. The van der Waals surface area contributed by atoms with E-state index in [1.807, 2.05) is 51.1 Å². The molecule has 3 nitrogen and oxygen atoms in total. The van der Waals surface area contributed by atoms with Gasteiger partial charge < -0.3 is 4.74 Å². The molecule has 0 aromatic heterocycles. The number of para-hydroxylation sites is 1. The highest BCUT2D eigenvalue weighted by atomic mass is 16.6. The molecule has 0 heterocycles. The summed E-state index contributed by atoms with van der Waals surface area (Å²) in [5.41, 5.74) is 0.280. The first-order valence-electron chi connectivity index (χ1n) is 5.93. The van der Waals surface area contributed by atoms with Crippen LogP contribution in [0.2, 0.25) is 0 Å². The largest absolute Gasteiger partial charge is 0.443 e. The van der Waals surface area contributed by atoms with Crippen molar-refractivity contribution in [2.75, 3.05) is 11.4 Å². The average Bonchev–Trinajstić information content (AvgIpc) is 2.28. The molecule has 0 radical (unpaired) electrons. The zero-order chi connectivity index (χ0) is 13.6. The molecule has 0 N–H and O–H groups in total. The molecular formula is C15H19NO2. The van der Waals surface area contributed by atoms with Gasteiger partial charge in [-0.25, -0.2) is 4.79 Å². The minimum atomic E-state index is -0.514. The number of nitrogens with zero attached hydrogens (tertiary/aromatic N) is 1. The van der Waals surface area contributed by atoms with Crippen LogP contribution in [0.25, 0.3) is 0 Å². The zero-order valence-electron chi connectivity index (χ0n) is 11.1. The van der Waals surface area contributed by atoms with E-state index in [1.54, 1.807) is 4.90 Å². The molecule has 18 heavy (non-hydrogen) atoms. The number of rotatable bonds is 3. The molecule has 0 unspecified atom stereocenters. The van der Waals surface area contributed by atoms with Crippen LogP contribution in [0.15, 0.2) is 30.3 Å². The Labute approximate surface area is 109 Å². The molecular weight excluding hydrogens is 226 g/mol. The molecule has 0 spiro atoms. The Morgan fingerprint density at radius 3 is 2.44 bits per heavy atom. The van der Waals surface area contributed by atoms with Crippen LogP contribution in [0.4, 0.5) is 10.5 Å². The molecule has 0 saturated carbocycles. The maximum Gasteiger partial charge on any atom is 0.414 e. The van der Waals surface area contributed by atoms with Crippen LogP contribution < -0.4 is 4.90 Å². The third-order valence-corrected chi connectivity index (χ3v) is 2.16. The molecule has 3 heteroatoms. The predicted molar refractivity (Wildman–Crippen MR) is 73.5 cm³/mol. The van der Waals surface area contributed by atoms with Crippen molar-refractivity contribution < 1.29 is 9.53 Å². The van der Waals surface area contributed by atoms with Gasteiger partial charge in [0.15, 0.2) is 0 Å². The van der Waals surface area contributed by atoms with Crippen LogP contribution in [0.5, 0.6) is 0 Å². The molecule has 0 fully saturated rings. The summed E-state index contributed by atoms with van der Waals surface area (Å²) >= 11 is 0. The van der Waals surface area contributed by atoms with E-state index in [4.69, 9.17) is 11.2 Å². The minimum Gasteiger partial charge on any atom is -0.443 e. The van der Waals surface area contributed by atoms with Crippen LogP contribution in [-0.2, 0) is 4.74 Å². The predicted octanol–water partition coefficient (Wildman–Crippen LogP) is 3.45. The second kappa shape index (κ2) is 6.11. The van der Waals surface area contributed by atoms with Gasteiger partial charge in [-0.1, -0.05) is 18.2 Å². The fourth-order valence-electron chi connectivity index (χ4n) is 1.43. The smallest absolute Gasteiger partial charge is 0.414 e. The number of hydrogen-bond acceptors (Lipinski definition) is 2. The number of benzene rings is 1. The number of terminal acetylenes is 1. The van der Waals surface area contributed by atoms with E-state index in [0.717, 1.165) is 5.69 Å². The van der Waals surface area contributed by atoms with Crippen molar-refractivity contribution in [1.29, 1.82) is 0 Å². The number of carbonyl (C=O) groups excluding carboxylic acids is 1. The minimum absolute atomic E-state index is 0.371. The van der Waals surface area contributed by atoms with Gasteiger partial charge in [0, 0.05) is 18.7 Å². The van der Waals surface area contributed by atoms with Gasteiger partial charge in [0.05, 0.1) is 0 Å². The molecule has 1 amide bonds. The van der Waals surface area contributed by atoms with E-state index in [2.05, 4.69) is 5.92 Å². The summed E-state index contributed by atoms with van der Waals surface area (Å²) in [4.78, 5) is 13.7. The second-order valence-corrected chi connectivity index (χ2v) is 4.92. The quantitative estimate of drug-likeness (QED) is 0.763. The number of amides is 1. The Hall–Kier alpha value is -1.95. The lowest BCUT2D eigenvalue weighted by Crippen LogP contribution is -2.37. The highest BCUT2D eigenvalue weighted by Crippen LogP contribution is 2.18. The first kappa shape index (κ1) is 14.1. The van der Waals surface area contributed by atoms with Gasteiger partial charge in [0.2, 0.25) is 0 Å². The number of carbonyl (C=O) groups is 1. The molecule has 1 aromatic rings. The molecule has 0 atom stereocenters. The molecule has 0 aliphatic heterocycles. The summed E-state index contributed by atoms with van der Waals surface area (Å²) in [6, 6.07) is 9.38. The third-order valence-electron chi connectivity index (χ3n) is 2.16. The van der Waals surface area contributed by atoms with E-state index in [1.165, 1.54) is 0 Å². The van der Waals surface area contributed by atoms with Gasteiger partial charge in [0.1, 0.15) is 5.60 Å². The Balaban J connectivity index is 2.86. The lowest BCUT2D eigenvalue weighted by Gasteiger charge is -2.27. The maximum absolute atomic E-state index is 12.1. The second-order valence-electron chi connectivity index (χ2n) is 4.92. The van der Waals surface area contributed by atoms with Gasteiger partial charge in [-0.15, -0.1) is 12.3 Å². The van der Waals surface area contributed by atoms with Gasteiger partial charge in [-0.05, 0) is 32.9 Å². The first-order chi connectivity index (χ1) is 8.44. The fraction of sp³-hybridized carbons (Fsp3) is 0.400. The van der Waals surface area contributed by atoms with Crippen LogP contribution in [0, 0.1) is 12.3 Å². The van der Waals surface area contributed by atoms with E-state index in [-0.39, 0.29) is 6.09 Å². The van der Waals surface area contributed by atoms with Crippen LogP contribution in [-0.4, -0.2) is 18.2 Å². The van der Waals surface area contributed by atoms with Crippen LogP contribution >= 0.6 is 0 Å². The topological polar surface area (TPSA) is 29.5 Å². The summed E-state index contributed by atoms with van der Waals surface area (Å²) in [6.07, 6.45) is 5.38. The Kier molecular flexibility index (Phi) is 4.79. The summed E-state index contributed by atoms with van der Waals surface area (Å²) in [5, 5.41) is 0. The van der Waals surface area contributed by atoms with Crippen LogP contribution in [0.1, 0.15) is 27.2 Å². The Morgan fingerprint density at radius 2 is 1.94 bits per heavy atom. The van der Waals surface area contributed by atoms with E-state index in [9.17, 15) is 4.79 Å². The summed E-state index contributed by atoms with van der Waals surface area (Å²) in [6.45, 7) is 5.98. The highest BCUT2D eigenvalue weighted by Gasteiger charge is 2.22. The van der Waals surface area contributed by atoms with Crippen molar-refractivity contribution in [3.63, 3.8) is 0 Å². The monoisotopic (exact) mass is 245 g/mol. The summed E-state index contributed by atoms with van der Waals surface area (Å²) in [5.74, 6) is 2.54. The molecule has 1 rings (SSSR count).